The Morgan fingerprint density at radius 1 is 1.11 bits per heavy atom. The quantitative estimate of drug-likeness (QED) is 0.821. The average Bonchev–Trinajstić information content (AvgIpc) is 3.04. The Labute approximate surface area is 160 Å². The number of fused-ring (bicyclic) bond motifs is 1. The lowest BCUT2D eigenvalue weighted by Gasteiger charge is -2.12. The molecule has 0 fully saturated rings. The summed E-state index contributed by atoms with van der Waals surface area (Å²) in [5.74, 6) is -0.355. The highest BCUT2D eigenvalue weighted by Crippen LogP contribution is 2.38. The molecule has 0 atom stereocenters. The van der Waals surface area contributed by atoms with Crippen LogP contribution in [0.3, 0.4) is 0 Å². The predicted octanol–water partition coefficient (Wildman–Crippen LogP) is 3.14. The topological polar surface area (TPSA) is 93.7 Å². The molecule has 7 nitrogen and oxygen atoms in total. The minimum absolute atomic E-state index is 0.176. The Hall–Kier alpha value is -2.87. The van der Waals surface area contributed by atoms with Gasteiger partial charge in [-0.15, -0.1) is 11.3 Å². The molecule has 2 aromatic rings. The number of aryl methyl sites for hydroxylation is 1. The van der Waals surface area contributed by atoms with Crippen LogP contribution in [0.2, 0.25) is 0 Å². The lowest BCUT2D eigenvalue weighted by molar-refractivity contribution is -0.118. The number of amides is 3. The summed E-state index contributed by atoms with van der Waals surface area (Å²) in [5.41, 5.74) is 1.24. The van der Waals surface area contributed by atoms with Gasteiger partial charge in [0.2, 0.25) is 0 Å². The van der Waals surface area contributed by atoms with Crippen molar-refractivity contribution in [2.75, 3.05) is 19.0 Å². The molecule has 0 aliphatic heterocycles. The minimum atomic E-state index is -0.833. The van der Waals surface area contributed by atoms with Crippen molar-refractivity contribution in [3.8, 4) is 5.75 Å². The molecule has 27 heavy (non-hydrogen) atoms. The standard InChI is InChI=1S/C19H20N2O5S/c1-25-19(24)21-17(23)16-13-9-5-6-10-14(13)27-18(16)20-15(22)11-26-12-7-3-2-4-8-12/h2-4,7-8H,5-6,9-11H2,1H3,(H,20,22)(H,21,23,24). The number of rotatable bonds is 5. The maximum absolute atomic E-state index is 12.5. The van der Waals surface area contributed by atoms with E-state index in [-0.39, 0.29) is 12.5 Å². The molecule has 1 aliphatic rings. The molecule has 2 N–H and O–H groups in total. The summed E-state index contributed by atoms with van der Waals surface area (Å²) in [4.78, 5) is 37.3. The fraction of sp³-hybridized carbons (Fsp3) is 0.316. The van der Waals surface area contributed by atoms with Gasteiger partial charge in [0.15, 0.2) is 6.61 Å². The van der Waals surface area contributed by atoms with Crippen molar-refractivity contribution in [2.45, 2.75) is 25.7 Å². The van der Waals surface area contributed by atoms with Gasteiger partial charge in [-0.2, -0.15) is 0 Å². The fourth-order valence-corrected chi connectivity index (χ4v) is 4.23. The number of imide groups is 1. The Morgan fingerprint density at radius 3 is 2.59 bits per heavy atom. The third kappa shape index (κ3) is 4.65. The van der Waals surface area contributed by atoms with Crippen molar-refractivity contribution in [1.82, 2.24) is 5.32 Å². The first-order chi connectivity index (χ1) is 13.1. The summed E-state index contributed by atoms with van der Waals surface area (Å²) in [5, 5.41) is 5.36. The van der Waals surface area contributed by atoms with Crippen molar-refractivity contribution in [1.29, 1.82) is 0 Å². The summed E-state index contributed by atoms with van der Waals surface area (Å²) < 4.78 is 9.94. The van der Waals surface area contributed by atoms with Gasteiger partial charge < -0.3 is 14.8 Å². The van der Waals surface area contributed by atoms with E-state index in [4.69, 9.17) is 4.74 Å². The second-order valence-electron chi connectivity index (χ2n) is 6.01. The molecule has 1 heterocycles. The van der Waals surface area contributed by atoms with Crippen molar-refractivity contribution in [3.05, 3.63) is 46.3 Å². The Balaban J connectivity index is 1.75. The van der Waals surface area contributed by atoms with Crippen LogP contribution in [0.5, 0.6) is 5.75 Å². The van der Waals surface area contributed by atoms with Gasteiger partial charge in [-0.1, -0.05) is 18.2 Å². The smallest absolute Gasteiger partial charge is 0.413 e. The van der Waals surface area contributed by atoms with E-state index in [0.717, 1.165) is 36.1 Å². The molecule has 3 amide bonds. The summed E-state index contributed by atoms with van der Waals surface area (Å²) in [7, 11) is 1.19. The highest BCUT2D eigenvalue weighted by atomic mass is 32.1. The van der Waals surface area contributed by atoms with Gasteiger partial charge >= 0.3 is 6.09 Å². The number of alkyl carbamates (subject to hydrolysis) is 1. The van der Waals surface area contributed by atoms with Gasteiger partial charge in [0.05, 0.1) is 12.7 Å². The molecular formula is C19H20N2O5S. The maximum atomic E-state index is 12.5. The van der Waals surface area contributed by atoms with E-state index in [1.54, 1.807) is 12.1 Å². The number of para-hydroxylation sites is 1. The van der Waals surface area contributed by atoms with E-state index in [0.29, 0.717) is 16.3 Å². The van der Waals surface area contributed by atoms with Crippen LogP contribution in [-0.2, 0) is 22.4 Å². The minimum Gasteiger partial charge on any atom is -0.484 e. The second kappa shape index (κ2) is 8.68. The molecular weight excluding hydrogens is 368 g/mol. The highest BCUT2D eigenvalue weighted by Gasteiger charge is 2.27. The highest BCUT2D eigenvalue weighted by molar-refractivity contribution is 7.17. The van der Waals surface area contributed by atoms with Crippen LogP contribution in [0.25, 0.3) is 0 Å². The number of methoxy groups -OCH3 is 1. The van der Waals surface area contributed by atoms with Crippen molar-refractivity contribution >= 4 is 34.2 Å². The number of hydrogen-bond donors (Lipinski definition) is 2. The number of carbonyl (C=O) groups is 3. The van der Waals surface area contributed by atoms with Crippen LogP contribution in [0, 0.1) is 0 Å². The zero-order chi connectivity index (χ0) is 19.2. The van der Waals surface area contributed by atoms with E-state index >= 15 is 0 Å². The molecule has 0 spiro atoms. The van der Waals surface area contributed by atoms with Gasteiger partial charge in [0.1, 0.15) is 10.8 Å². The summed E-state index contributed by atoms with van der Waals surface area (Å²) in [6.45, 7) is -0.176. The summed E-state index contributed by atoms with van der Waals surface area (Å²) in [6.07, 6.45) is 2.77. The summed E-state index contributed by atoms with van der Waals surface area (Å²) in [6, 6.07) is 9.00. The van der Waals surface area contributed by atoms with Crippen LogP contribution in [0.4, 0.5) is 9.80 Å². The van der Waals surface area contributed by atoms with Crippen LogP contribution in [-0.4, -0.2) is 31.6 Å². The van der Waals surface area contributed by atoms with E-state index < -0.39 is 12.0 Å². The maximum Gasteiger partial charge on any atom is 0.413 e. The van der Waals surface area contributed by atoms with Gasteiger partial charge in [0.25, 0.3) is 11.8 Å². The second-order valence-corrected chi connectivity index (χ2v) is 7.12. The lowest BCUT2D eigenvalue weighted by atomic mass is 9.95. The van der Waals surface area contributed by atoms with Crippen molar-refractivity contribution in [3.63, 3.8) is 0 Å². The third-order valence-electron chi connectivity index (χ3n) is 4.17. The van der Waals surface area contributed by atoms with Crippen LogP contribution >= 0.6 is 11.3 Å². The molecule has 142 valence electrons. The lowest BCUT2D eigenvalue weighted by Crippen LogP contribution is -2.31. The SMILES string of the molecule is COC(=O)NC(=O)c1c(NC(=O)COc2ccccc2)sc2c1CCCC2. The number of thiophene rings is 1. The predicted molar refractivity (Wildman–Crippen MR) is 101 cm³/mol. The zero-order valence-corrected chi connectivity index (χ0v) is 15.7. The van der Waals surface area contributed by atoms with E-state index in [9.17, 15) is 14.4 Å². The molecule has 1 aromatic heterocycles. The molecule has 3 rings (SSSR count). The third-order valence-corrected chi connectivity index (χ3v) is 5.37. The number of hydrogen-bond acceptors (Lipinski definition) is 6. The average molecular weight is 388 g/mol. The monoisotopic (exact) mass is 388 g/mol. The number of anilines is 1. The Bertz CT molecular complexity index is 847. The van der Waals surface area contributed by atoms with Gasteiger partial charge in [-0.05, 0) is 43.4 Å². The van der Waals surface area contributed by atoms with Crippen molar-refractivity contribution < 1.29 is 23.9 Å². The molecule has 0 saturated heterocycles. The Morgan fingerprint density at radius 2 is 1.85 bits per heavy atom. The number of carbonyl (C=O) groups excluding carboxylic acids is 3. The normalized spacial score (nSPS) is 12.6. The first-order valence-electron chi connectivity index (χ1n) is 8.60. The molecule has 1 aliphatic carbocycles. The number of nitrogens with one attached hydrogen (secondary N) is 2. The van der Waals surface area contributed by atoms with Gasteiger partial charge in [-0.3, -0.25) is 14.9 Å². The van der Waals surface area contributed by atoms with Crippen molar-refractivity contribution in [2.24, 2.45) is 0 Å². The molecule has 0 radical (unpaired) electrons. The first-order valence-corrected chi connectivity index (χ1v) is 9.41. The summed E-state index contributed by atoms with van der Waals surface area (Å²) >= 11 is 1.37. The van der Waals surface area contributed by atoms with Gasteiger partial charge in [-0.25, -0.2) is 4.79 Å². The Kier molecular flexibility index (Phi) is 6.08. The first kappa shape index (κ1) is 18.9. The molecule has 0 saturated carbocycles. The van der Waals surface area contributed by atoms with Crippen LogP contribution < -0.4 is 15.4 Å². The zero-order valence-electron chi connectivity index (χ0n) is 14.9. The molecule has 1 aromatic carbocycles. The largest absolute Gasteiger partial charge is 0.484 e. The van der Waals surface area contributed by atoms with Crippen LogP contribution in [0.15, 0.2) is 30.3 Å². The number of benzene rings is 1. The molecule has 0 unspecified atom stereocenters. The van der Waals surface area contributed by atoms with E-state index in [2.05, 4.69) is 15.4 Å². The van der Waals surface area contributed by atoms with Gasteiger partial charge in [0, 0.05) is 4.88 Å². The van der Waals surface area contributed by atoms with Crippen LogP contribution in [0.1, 0.15) is 33.6 Å². The number of ether oxygens (including phenoxy) is 2. The fourth-order valence-electron chi connectivity index (χ4n) is 2.93. The van der Waals surface area contributed by atoms with E-state index in [1.165, 1.54) is 18.4 Å². The molecule has 8 heteroatoms. The van der Waals surface area contributed by atoms with E-state index in [1.807, 2.05) is 18.2 Å². The molecule has 0 bridgehead atoms.